The molecule has 0 fully saturated rings. The molecule has 3 heterocycles. The topological polar surface area (TPSA) is 84.7 Å². The minimum absolute atomic E-state index is 0. The lowest BCUT2D eigenvalue weighted by Crippen LogP contribution is -2.44. The van der Waals surface area contributed by atoms with Gasteiger partial charge in [-0.2, -0.15) is 13.2 Å². The van der Waals surface area contributed by atoms with Gasteiger partial charge in [0.25, 0.3) is 0 Å². The first-order valence-electron chi connectivity index (χ1n) is 9.69. The largest absolute Gasteiger partial charge is 0.405 e. The van der Waals surface area contributed by atoms with Crippen molar-refractivity contribution in [3.05, 3.63) is 35.5 Å². The van der Waals surface area contributed by atoms with Crippen LogP contribution in [0.1, 0.15) is 21.7 Å². The number of fused-ring (bicyclic) bond motifs is 1. The number of hydrogen-bond acceptors (Lipinski definition) is 5. The molecule has 3 rings (SSSR count). The second-order valence-corrected chi connectivity index (χ2v) is 8.16. The Morgan fingerprint density at radius 2 is 2.00 bits per heavy atom. The van der Waals surface area contributed by atoms with Gasteiger partial charge >= 0.3 is 6.18 Å². The number of pyridine rings is 1. The van der Waals surface area contributed by atoms with E-state index >= 15 is 0 Å². The van der Waals surface area contributed by atoms with E-state index in [0.717, 1.165) is 6.20 Å². The number of aromatic nitrogens is 4. The van der Waals surface area contributed by atoms with E-state index in [1.807, 2.05) is 5.32 Å². The molecule has 0 saturated carbocycles. The van der Waals surface area contributed by atoms with Gasteiger partial charge in [-0.1, -0.05) is 25.4 Å². The van der Waals surface area contributed by atoms with Crippen molar-refractivity contribution in [2.45, 2.75) is 32.5 Å². The number of carbonyl (C=O) groups excluding carboxylic acids is 1. The molecule has 3 aromatic heterocycles. The van der Waals surface area contributed by atoms with Crippen LogP contribution in [-0.2, 0) is 11.8 Å². The molecule has 174 valence electrons. The summed E-state index contributed by atoms with van der Waals surface area (Å²) in [7, 11) is 1.76. The summed E-state index contributed by atoms with van der Waals surface area (Å²) in [4.78, 5) is 24.8. The maximum atomic E-state index is 14.5. The number of halogens is 5. The molecule has 0 radical (unpaired) electrons. The van der Waals surface area contributed by atoms with Crippen molar-refractivity contribution in [1.82, 2.24) is 24.8 Å². The summed E-state index contributed by atoms with van der Waals surface area (Å²) < 4.78 is 53.7. The van der Waals surface area contributed by atoms with Gasteiger partial charge in [-0.25, -0.2) is 19.3 Å². The van der Waals surface area contributed by atoms with Crippen molar-refractivity contribution in [2.24, 2.45) is 13.0 Å². The van der Waals surface area contributed by atoms with Gasteiger partial charge in [0.15, 0.2) is 17.5 Å². The van der Waals surface area contributed by atoms with Crippen molar-refractivity contribution in [3.8, 4) is 11.4 Å². The number of nitrogens with one attached hydrogen (secondary N) is 2. The lowest BCUT2D eigenvalue weighted by molar-refractivity contribution is -0.139. The molecule has 2 N–H and O–H groups in total. The van der Waals surface area contributed by atoms with Crippen LogP contribution in [-0.4, -0.2) is 44.2 Å². The van der Waals surface area contributed by atoms with Gasteiger partial charge in [0.05, 0.1) is 11.2 Å². The number of nitrogens with zero attached hydrogens (tertiary/aromatic N) is 4. The van der Waals surface area contributed by atoms with E-state index in [1.165, 1.54) is 6.20 Å². The first kappa shape index (κ1) is 23.7. The number of aryl methyl sites for hydroxylation is 1. The number of hydrogen-bond donors (Lipinski definition) is 2. The Kier molecular flexibility index (Phi) is 6.87. The number of rotatable bonds is 7. The van der Waals surface area contributed by atoms with Crippen molar-refractivity contribution in [3.63, 3.8) is 0 Å². The van der Waals surface area contributed by atoms with Crippen LogP contribution in [0.25, 0.3) is 22.4 Å². The molecule has 0 unspecified atom stereocenters. The Morgan fingerprint density at radius 3 is 2.66 bits per heavy atom. The normalized spacial score (nSPS) is 12.9. The monoisotopic (exact) mass is 474 g/mol. The zero-order valence-electron chi connectivity index (χ0n) is 17.5. The van der Waals surface area contributed by atoms with E-state index in [0.29, 0.717) is 21.6 Å². The van der Waals surface area contributed by atoms with Crippen LogP contribution < -0.4 is 10.6 Å². The SMILES string of the molecule is CC(C)C[C@@H](Nc1nc(-c2cn(C)c3ncc(Cl)cc23)ncc1F)C(=O)NCC(F)(F)F.[HH]. The van der Waals surface area contributed by atoms with Crippen LogP contribution in [0.15, 0.2) is 24.7 Å². The second-order valence-electron chi connectivity index (χ2n) is 7.73. The Bertz CT molecular complexity index is 1140. The molecule has 7 nitrogen and oxygen atoms in total. The summed E-state index contributed by atoms with van der Waals surface area (Å²) >= 11 is 6.05. The fraction of sp³-hybridized carbons (Fsp3) is 0.400. The van der Waals surface area contributed by atoms with Crippen LogP contribution in [0.4, 0.5) is 23.4 Å². The molecule has 0 aliphatic heterocycles. The average molecular weight is 475 g/mol. The Hall–Kier alpha value is -2.95. The molecule has 12 heteroatoms. The molecule has 3 aromatic rings. The van der Waals surface area contributed by atoms with Crippen molar-refractivity contribution >= 4 is 34.4 Å². The molecule has 0 spiro atoms. The first-order chi connectivity index (χ1) is 14.9. The van der Waals surface area contributed by atoms with Gasteiger partial charge in [0, 0.05) is 31.8 Å². The van der Waals surface area contributed by atoms with Crippen LogP contribution in [0, 0.1) is 11.7 Å². The molecule has 0 aromatic carbocycles. The number of amides is 1. The van der Waals surface area contributed by atoms with Gasteiger partial charge in [-0.05, 0) is 18.4 Å². The number of carbonyl (C=O) groups is 1. The predicted octanol–water partition coefficient (Wildman–Crippen LogP) is 4.57. The maximum Gasteiger partial charge on any atom is 0.405 e. The van der Waals surface area contributed by atoms with Crippen molar-refractivity contribution in [2.75, 3.05) is 11.9 Å². The van der Waals surface area contributed by atoms with Crippen LogP contribution in [0.2, 0.25) is 5.02 Å². The summed E-state index contributed by atoms with van der Waals surface area (Å²) in [6.45, 7) is 2.10. The fourth-order valence-corrected chi connectivity index (χ4v) is 3.35. The minimum Gasteiger partial charge on any atom is -0.356 e. The van der Waals surface area contributed by atoms with Crippen LogP contribution in [0.5, 0.6) is 0 Å². The fourth-order valence-electron chi connectivity index (χ4n) is 3.19. The summed E-state index contributed by atoms with van der Waals surface area (Å²) in [5, 5.41) is 5.50. The second kappa shape index (κ2) is 9.27. The van der Waals surface area contributed by atoms with E-state index < -0.39 is 30.5 Å². The highest BCUT2D eigenvalue weighted by atomic mass is 35.5. The lowest BCUT2D eigenvalue weighted by Gasteiger charge is -2.21. The Labute approximate surface area is 187 Å². The molecule has 1 atom stereocenters. The molecular formula is C20H23ClF4N6O. The predicted molar refractivity (Wildman–Crippen MR) is 115 cm³/mol. The summed E-state index contributed by atoms with van der Waals surface area (Å²) in [6.07, 6.45) is -0.276. The quantitative estimate of drug-likeness (QED) is 0.490. The summed E-state index contributed by atoms with van der Waals surface area (Å²) in [5.74, 6) is -1.96. The van der Waals surface area contributed by atoms with E-state index in [2.05, 4.69) is 20.3 Å². The van der Waals surface area contributed by atoms with Gasteiger partial charge in [0.2, 0.25) is 5.91 Å². The summed E-state index contributed by atoms with van der Waals surface area (Å²) in [5.41, 5.74) is 1.14. The molecule has 0 saturated heterocycles. The smallest absolute Gasteiger partial charge is 0.356 e. The Balaban J connectivity index is 0.00000385. The molecular weight excluding hydrogens is 452 g/mol. The van der Waals surface area contributed by atoms with Crippen LogP contribution >= 0.6 is 11.6 Å². The third-order valence-electron chi connectivity index (χ3n) is 4.56. The molecule has 0 aliphatic rings. The standard InChI is InChI=1S/C20H21ClF4N6O.H2/c1-10(2)4-15(19(32)28-9-20(23,24)25)29-17-14(22)7-26-16(30-17)13-8-31(3)18-12(13)5-11(21)6-27-18;/h5-8,10,15H,4,9H2,1-3H3,(H,28,32)(H,26,29,30);1H/t15-;/m1./s1. The highest BCUT2D eigenvalue weighted by molar-refractivity contribution is 6.31. The van der Waals surface area contributed by atoms with Crippen LogP contribution in [0.3, 0.4) is 0 Å². The summed E-state index contributed by atoms with van der Waals surface area (Å²) in [6, 6.07) is 0.545. The Morgan fingerprint density at radius 1 is 1.28 bits per heavy atom. The highest BCUT2D eigenvalue weighted by Gasteiger charge is 2.30. The molecule has 1 amide bonds. The molecule has 0 bridgehead atoms. The van der Waals surface area contributed by atoms with E-state index in [-0.39, 0.29) is 25.4 Å². The molecule has 0 aliphatic carbocycles. The highest BCUT2D eigenvalue weighted by Crippen LogP contribution is 2.30. The van der Waals surface area contributed by atoms with E-state index in [1.54, 1.807) is 37.7 Å². The van der Waals surface area contributed by atoms with E-state index in [9.17, 15) is 22.4 Å². The lowest BCUT2D eigenvalue weighted by atomic mass is 10.0. The van der Waals surface area contributed by atoms with Crippen molar-refractivity contribution < 1.29 is 23.8 Å². The average Bonchev–Trinajstić information content (AvgIpc) is 3.02. The zero-order chi connectivity index (χ0) is 23.6. The third kappa shape index (κ3) is 5.64. The van der Waals surface area contributed by atoms with Crippen molar-refractivity contribution in [1.29, 1.82) is 0 Å². The maximum absolute atomic E-state index is 14.5. The van der Waals surface area contributed by atoms with Gasteiger partial charge in [-0.3, -0.25) is 4.79 Å². The third-order valence-corrected chi connectivity index (χ3v) is 4.77. The zero-order valence-corrected chi connectivity index (χ0v) is 18.2. The van der Waals surface area contributed by atoms with Gasteiger partial charge < -0.3 is 15.2 Å². The van der Waals surface area contributed by atoms with Gasteiger partial charge in [-0.15, -0.1) is 0 Å². The minimum atomic E-state index is -4.56. The number of anilines is 1. The number of alkyl halides is 3. The molecule has 32 heavy (non-hydrogen) atoms. The first-order valence-corrected chi connectivity index (χ1v) is 10.1. The van der Waals surface area contributed by atoms with E-state index in [4.69, 9.17) is 11.6 Å². The van der Waals surface area contributed by atoms with Gasteiger partial charge in [0.1, 0.15) is 18.2 Å².